The van der Waals surface area contributed by atoms with E-state index in [1.807, 2.05) is 0 Å². The van der Waals surface area contributed by atoms with Gasteiger partial charge in [0.05, 0.1) is 24.9 Å². The first kappa shape index (κ1) is 11.9. The molecule has 0 aliphatic carbocycles. The molecule has 1 aliphatic heterocycles. The SMILES string of the molecule is CCCCOCC1NCC[C@@H](O)[C@@H]1O. The van der Waals surface area contributed by atoms with Crippen molar-refractivity contribution in [2.45, 2.75) is 44.4 Å². The van der Waals surface area contributed by atoms with Gasteiger partial charge in [0.1, 0.15) is 0 Å². The van der Waals surface area contributed by atoms with Crippen LogP contribution in [0.2, 0.25) is 0 Å². The molecular weight excluding hydrogens is 182 g/mol. The van der Waals surface area contributed by atoms with Crippen molar-refractivity contribution in [1.82, 2.24) is 5.32 Å². The number of aliphatic hydroxyl groups excluding tert-OH is 2. The Bertz CT molecular complexity index is 154. The van der Waals surface area contributed by atoms with Gasteiger partial charge in [0, 0.05) is 6.61 Å². The maximum absolute atomic E-state index is 9.60. The smallest absolute Gasteiger partial charge is 0.0974 e. The summed E-state index contributed by atoms with van der Waals surface area (Å²) in [5, 5.41) is 22.1. The standard InChI is InChI=1S/C10H21NO3/c1-2-3-6-14-7-8-10(13)9(12)4-5-11-8/h8-13H,2-7H2,1H3/t8?,9-,10-/m1/s1. The molecule has 4 nitrogen and oxygen atoms in total. The molecule has 1 saturated heterocycles. The van der Waals surface area contributed by atoms with Gasteiger partial charge < -0.3 is 20.3 Å². The van der Waals surface area contributed by atoms with Crippen LogP contribution >= 0.6 is 0 Å². The third kappa shape index (κ3) is 3.53. The molecule has 0 bridgehead atoms. The van der Waals surface area contributed by atoms with Crippen LogP contribution in [0.25, 0.3) is 0 Å². The minimum Gasteiger partial charge on any atom is -0.390 e. The summed E-state index contributed by atoms with van der Waals surface area (Å²) in [7, 11) is 0. The van der Waals surface area contributed by atoms with Crippen LogP contribution in [0.1, 0.15) is 26.2 Å². The highest BCUT2D eigenvalue weighted by Crippen LogP contribution is 2.09. The minimum atomic E-state index is -0.689. The molecule has 0 amide bonds. The summed E-state index contributed by atoms with van der Waals surface area (Å²) in [6.45, 7) is 4.08. The lowest BCUT2D eigenvalue weighted by Gasteiger charge is -2.32. The predicted octanol–water partition coefficient (Wildman–Crippen LogP) is -0.113. The highest BCUT2D eigenvalue weighted by Gasteiger charge is 2.29. The molecule has 0 radical (unpaired) electrons. The number of nitrogens with one attached hydrogen (secondary N) is 1. The van der Waals surface area contributed by atoms with Crippen LogP contribution < -0.4 is 5.32 Å². The third-order valence-corrected chi connectivity index (χ3v) is 2.59. The van der Waals surface area contributed by atoms with E-state index >= 15 is 0 Å². The topological polar surface area (TPSA) is 61.7 Å². The average molecular weight is 203 g/mol. The second-order valence-electron chi connectivity index (χ2n) is 3.84. The summed E-state index contributed by atoms with van der Waals surface area (Å²) in [5.41, 5.74) is 0. The molecule has 1 unspecified atom stereocenters. The van der Waals surface area contributed by atoms with E-state index in [1.165, 1.54) is 0 Å². The summed E-state index contributed by atoms with van der Waals surface area (Å²) >= 11 is 0. The van der Waals surface area contributed by atoms with Crippen molar-refractivity contribution in [2.24, 2.45) is 0 Å². The van der Waals surface area contributed by atoms with Crippen molar-refractivity contribution >= 4 is 0 Å². The number of piperidine rings is 1. The van der Waals surface area contributed by atoms with Crippen LogP contribution in [0, 0.1) is 0 Å². The third-order valence-electron chi connectivity index (χ3n) is 2.59. The van der Waals surface area contributed by atoms with Crippen LogP contribution in [-0.2, 0) is 4.74 Å². The Morgan fingerprint density at radius 1 is 1.43 bits per heavy atom. The second kappa shape index (κ2) is 6.35. The lowest BCUT2D eigenvalue weighted by Crippen LogP contribution is -2.54. The normalized spacial score (nSPS) is 33.2. The van der Waals surface area contributed by atoms with Crippen LogP contribution in [-0.4, -0.2) is 48.2 Å². The van der Waals surface area contributed by atoms with Crippen LogP contribution in [0.3, 0.4) is 0 Å². The molecule has 1 aliphatic rings. The quantitative estimate of drug-likeness (QED) is 0.545. The number of ether oxygens (including phenoxy) is 1. The van der Waals surface area contributed by atoms with Crippen LogP contribution in [0.15, 0.2) is 0 Å². The molecular formula is C10H21NO3. The number of hydrogen-bond acceptors (Lipinski definition) is 4. The van der Waals surface area contributed by atoms with Crippen LogP contribution in [0.5, 0.6) is 0 Å². The zero-order chi connectivity index (χ0) is 10.4. The van der Waals surface area contributed by atoms with Gasteiger partial charge in [-0.05, 0) is 19.4 Å². The molecule has 1 rings (SSSR count). The molecule has 14 heavy (non-hydrogen) atoms. The predicted molar refractivity (Wildman–Crippen MR) is 54.1 cm³/mol. The van der Waals surface area contributed by atoms with Crippen molar-refractivity contribution in [1.29, 1.82) is 0 Å². The Hall–Kier alpha value is -0.160. The van der Waals surface area contributed by atoms with Crippen molar-refractivity contribution < 1.29 is 14.9 Å². The van der Waals surface area contributed by atoms with Crippen molar-refractivity contribution in [3.63, 3.8) is 0 Å². The van der Waals surface area contributed by atoms with E-state index in [1.54, 1.807) is 0 Å². The Labute approximate surface area is 85.3 Å². The highest BCUT2D eigenvalue weighted by molar-refractivity contribution is 4.86. The first-order valence-electron chi connectivity index (χ1n) is 5.43. The molecule has 0 aromatic rings. The molecule has 0 aromatic carbocycles. The molecule has 0 aromatic heterocycles. The lowest BCUT2D eigenvalue weighted by atomic mass is 9.99. The average Bonchev–Trinajstić information content (AvgIpc) is 2.19. The van der Waals surface area contributed by atoms with Gasteiger partial charge in [0.25, 0.3) is 0 Å². The van der Waals surface area contributed by atoms with Gasteiger partial charge in [-0.2, -0.15) is 0 Å². The number of unbranched alkanes of at least 4 members (excludes halogenated alkanes) is 1. The highest BCUT2D eigenvalue weighted by atomic mass is 16.5. The fraction of sp³-hybridized carbons (Fsp3) is 1.00. The molecule has 1 heterocycles. The Balaban J connectivity index is 2.15. The van der Waals surface area contributed by atoms with E-state index < -0.39 is 12.2 Å². The maximum Gasteiger partial charge on any atom is 0.0974 e. The number of rotatable bonds is 5. The van der Waals surface area contributed by atoms with Gasteiger partial charge in [0.2, 0.25) is 0 Å². The monoisotopic (exact) mass is 203 g/mol. The summed E-state index contributed by atoms with van der Waals surface area (Å²) in [6.07, 6.45) is 1.49. The molecule has 0 spiro atoms. The first-order valence-corrected chi connectivity index (χ1v) is 5.43. The van der Waals surface area contributed by atoms with Gasteiger partial charge in [-0.25, -0.2) is 0 Å². The molecule has 4 heteroatoms. The summed E-state index contributed by atoms with van der Waals surface area (Å²) in [5.74, 6) is 0. The van der Waals surface area contributed by atoms with E-state index in [2.05, 4.69) is 12.2 Å². The van der Waals surface area contributed by atoms with E-state index in [4.69, 9.17) is 4.74 Å². The van der Waals surface area contributed by atoms with Crippen LogP contribution in [0.4, 0.5) is 0 Å². The maximum atomic E-state index is 9.60. The van der Waals surface area contributed by atoms with Gasteiger partial charge in [0.15, 0.2) is 0 Å². The van der Waals surface area contributed by atoms with Gasteiger partial charge >= 0.3 is 0 Å². The largest absolute Gasteiger partial charge is 0.390 e. The van der Waals surface area contributed by atoms with Crippen molar-refractivity contribution in [3.05, 3.63) is 0 Å². The Kier molecular flexibility index (Phi) is 5.40. The van der Waals surface area contributed by atoms with Crippen molar-refractivity contribution in [2.75, 3.05) is 19.8 Å². The molecule has 3 N–H and O–H groups in total. The molecule has 3 atom stereocenters. The summed E-state index contributed by atoms with van der Waals surface area (Å²) < 4.78 is 5.40. The van der Waals surface area contributed by atoms with Crippen molar-refractivity contribution in [3.8, 4) is 0 Å². The van der Waals surface area contributed by atoms with Gasteiger partial charge in [-0.15, -0.1) is 0 Å². The zero-order valence-corrected chi connectivity index (χ0v) is 8.78. The Morgan fingerprint density at radius 2 is 2.21 bits per heavy atom. The molecule has 1 fully saturated rings. The number of aliphatic hydroxyl groups is 2. The van der Waals surface area contributed by atoms with Gasteiger partial charge in [-0.1, -0.05) is 13.3 Å². The lowest BCUT2D eigenvalue weighted by molar-refractivity contribution is -0.0483. The minimum absolute atomic E-state index is 0.115. The van der Waals surface area contributed by atoms with Gasteiger partial charge in [-0.3, -0.25) is 0 Å². The van der Waals surface area contributed by atoms with E-state index in [9.17, 15) is 10.2 Å². The van der Waals surface area contributed by atoms with E-state index in [-0.39, 0.29) is 6.04 Å². The number of hydrogen-bond donors (Lipinski definition) is 3. The summed E-state index contributed by atoms with van der Waals surface area (Å²) in [4.78, 5) is 0. The fourth-order valence-corrected chi connectivity index (χ4v) is 1.59. The Morgan fingerprint density at radius 3 is 2.93 bits per heavy atom. The molecule has 84 valence electrons. The zero-order valence-electron chi connectivity index (χ0n) is 8.78. The second-order valence-corrected chi connectivity index (χ2v) is 3.84. The first-order chi connectivity index (χ1) is 6.75. The van der Waals surface area contributed by atoms with E-state index in [0.717, 1.165) is 26.0 Å². The summed E-state index contributed by atoms with van der Waals surface area (Å²) in [6, 6.07) is -0.115. The van der Waals surface area contributed by atoms with E-state index in [0.29, 0.717) is 13.0 Å². The molecule has 0 saturated carbocycles. The fourth-order valence-electron chi connectivity index (χ4n) is 1.59.